The molecule has 1 saturated heterocycles. The number of rotatable bonds is 6. The van der Waals surface area contributed by atoms with E-state index in [2.05, 4.69) is 69.8 Å². The lowest BCUT2D eigenvalue weighted by Crippen LogP contribution is -2.30. The first-order valence-electron chi connectivity index (χ1n) is 10.6. The zero-order valence-electron chi connectivity index (χ0n) is 19.2. The second-order valence-electron chi connectivity index (χ2n) is 6.99. The number of hydrogen-bond donors (Lipinski definition) is 5. The predicted octanol–water partition coefficient (Wildman–Crippen LogP) is 2.63. The molecule has 0 spiro atoms. The van der Waals surface area contributed by atoms with Gasteiger partial charge in [0.25, 0.3) is 5.91 Å². The molecule has 3 rings (SSSR count). The van der Waals surface area contributed by atoms with Crippen LogP contribution in [0.5, 0.6) is 0 Å². The Morgan fingerprint density at radius 2 is 1.78 bits per heavy atom. The van der Waals surface area contributed by atoms with E-state index >= 15 is 0 Å². The lowest BCUT2D eigenvalue weighted by atomic mass is 9.89. The van der Waals surface area contributed by atoms with Crippen molar-refractivity contribution >= 4 is 30.3 Å². The van der Waals surface area contributed by atoms with Crippen molar-refractivity contribution in [3.63, 3.8) is 0 Å². The van der Waals surface area contributed by atoms with E-state index in [9.17, 15) is 4.79 Å². The molecule has 178 valence electrons. The zero-order chi connectivity index (χ0) is 22.9. The van der Waals surface area contributed by atoms with Crippen LogP contribution in [0.2, 0.25) is 0 Å². The Balaban J connectivity index is 0.000000928. The first-order valence-corrected chi connectivity index (χ1v) is 10.6. The number of hydrogen-bond acceptors (Lipinski definition) is 7. The van der Waals surface area contributed by atoms with Gasteiger partial charge in [-0.25, -0.2) is 4.98 Å². The molecule has 2 aromatic rings. The van der Waals surface area contributed by atoms with Crippen LogP contribution in [-0.4, -0.2) is 60.3 Å². The highest BCUT2D eigenvalue weighted by atomic mass is 35.5. The summed E-state index contributed by atoms with van der Waals surface area (Å²) in [7, 11) is 2.17. The van der Waals surface area contributed by atoms with Crippen LogP contribution in [0.25, 0.3) is 0 Å². The maximum atomic E-state index is 11.9. The van der Waals surface area contributed by atoms with Gasteiger partial charge >= 0.3 is 0 Å². The molecule has 1 amide bonds. The zero-order valence-corrected chi connectivity index (χ0v) is 20.0. The number of piperidine rings is 1. The molecular weight excluding hydrogens is 428 g/mol. The largest absolute Gasteiger partial charge is 0.390 e. The topological polar surface area (TPSA) is 132 Å². The SMILES string of the molecule is CCNCC.CN1CCC(c2ccc(NNC(=O)c3cnccn3)cc2)CC1.Cl.N=CN. The Morgan fingerprint density at radius 1 is 1.19 bits per heavy atom. The molecule has 1 aromatic heterocycles. The second-order valence-corrected chi connectivity index (χ2v) is 6.99. The van der Waals surface area contributed by atoms with E-state index in [0.29, 0.717) is 5.92 Å². The van der Waals surface area contributed by atoms with Crippen molar-refractivity contribution in [2.45, 2.75) is 32.6 Å². The molecule has 0 radical (unpaired) electrons. The molecule has 10 heteroatoms. The molecule has 1 aliphatic heterocycles. The minimum absolute atomic E-state index is 0. The molecule has 1 aliphatic rings. The summed E-state index contributed by atoms with van der Waals surface area (Å²) >= 11 is 0. The number of aromatic nitrogens is 2. The number of benzene rings is 1. The monoisotopic (exact) mass is 464 g/mol. The van der Waals surface area contributed by atoms with E-state index < -0.39 is 0 Å². The van der Waals surface area contributed by atoms with Crippen molar-refractivity contribution in [2.24, 2.45) is 5.73 Å². The average Bonchev–Trinajstić information content (AvgIpc) is 2.80. The van der Waals surface area contributed by atoms with Crippen LogP contribution in [0.1, 0.15) is 48.7 Å². The summed E-state index contributed by atoms with van der Waals surface area (Å²) in [5.74, 6) is 0.326. The number of carbonyl (C=O) groups is 1. The Labute approximate surface area is 197 Å². The van der Waals surface area contributed by atoms with Crippen LogP contribution in [0, 0.1) is 5.41 Å². The summed E-state index contributed by atoms with van der Waals surface area (Å²) < 4.78 is 0. The first kappa shape index (κ1) is 29.2. The van der Waals surface area contributed by atoms with Crippen LogP contribution in [0.3, 0.4) is 0 Å². The lowest BCUT2D eigenvalue weighted by Gasteiger charge is -2.29. The summed E-state index contributed by atoms with van der Waals surface area (Å²) in [6.07, 6.45) is 7.61. The number of nitrogens with one attached hydrogen (secondary N) is 4. The van der Waals surface area contributed by atoms with Crippen LogP contribution >= 0.6 is 12.4 Å². The van der Waals surface area contributed by atoms with Gasteiger partial charge in [0.2, 0.25) is 0 Å². The molecule has 0 unspecified atom stereocenters. The quantitative estimate of drug-likeness (QED) is 0.252. The number of hydrazine groups is 1. The Kier molecular flexibility index (Phi) is 16.3. The van der Waals surface area contributed by atoms with E-state index in [-0.39, 0.29) is 24.0 Å². The Hall–Kier alpha value is -2.75. The van der Waals surface area contributed by atoms with Gasteiger partial charge in [0.1, 0.15) is 5.69 Å². The molecule has 0 atom stereocenters. The van der Waals surface area contributed by atoms with Gasteiger partial charge < -0.3 is 16.0 Å². The normalized spacial score (nSPS) is 13.2. The standard InChI is InChI=1S/C17H21N5O.C4H11N.CH4N2.ClH/c1-22-10-6-14(7-11-22)13-2-4-15(5-3-13)20-21-17(23)16-12-18-8-9-19-16;1-3-5-4-2;2-1-3;/h2-5,8-9,12,14,20H,6-7,10-11H2,1H3,(H,21,23);5H,3-4H2,1-2H3;1H,(H3,2,3);1H. The van der Waals surface area contributed by atoms with Gasteiger partial charge in [-0.15, -0.1) is 12.4 Å². The van der Waals surface area contributed by atoms with E-state index in [1.807, 2.05) is 12.1 Å². The molecule has 0 bridgehead atoms. The fourth-order valence-corrected chi connectivity index (χ4v) is 3.04. The second kappa shape index (κ2) is 17.9. The van der Waals surface area contributed by atoms with Crippen molar-refractivity contribution in [2.75, 3.05) is 38.7 Å². The number of halogens is 1. The summed E-state index contributed by atoms with van der Waals surface area (Å²) in [6, 6.07) is 8.24. The maximum absolute atomic E-state index is 11.9. The van der Waals surface area contributed by atoms with Gasteiger partial charge in [0.15, 0.2) is 0 Å². The number of nitrogens with zero attached hydrogens (tertiary/aromatic N) is 3. The molecular formula is C22H37ClN8O. The van der Waals surface area contributed by atoms with E-state index in [1.165, 1.54) is 37.0 Å². The fourth-order valence-electron chi connectivity index (χ4n) is 3.04. The van der Waals surface area contributed by atoms with E-state index in [0.717, 1.165) is 38.2 Å². The van der Waals surface area contributed by atoms with Gasteiger partial charge in [-0.2, -0.15) is 0 Å². The van der Waals surface area contributed by atoms with Crippen molar-refractivity contribution in [1.82, 2.24) is 25.6 Å². The average molecular weight is 465 g/mol. The predicted molar refractivity (Wildman–Crippen MR) is 133 cm³/mol. The van der Waals surface area contributed by atoms with Gasteiger partial charge in [-0.05, 0) is 69.7 Å². The number of anilines is 1. The summed E-state index contributed by atoms with van der Waals surface area (Å²) in [5.41, 5.74) is 12.4. The lowest BCUT2D eigenvalue weighted by molar-refractivity contribution is 0.0957. The fraction of sp³-hybridized carbons (Fsp3) is 0.455. The third-order valence-electron chi connectivity index (χ3n) is 4.72. The minimum Gasteiger partial charge on any atom is -0.390 e. The third-order valence-corrected chi connectivity index (χ3v) is 4.72. The summed E-state index contributed by atoms with van der Waals surface area (Å²) in [4.78, 5) is 22.1. The number of amides is 1. The van der Waals surface area contributed by atoms with Crippen LogP contribution < -0.4 is 21.9 Å². The van der Waals surface area contributed by atoms with Crippen molar-refractivity contribution in [3.8, 4) is 0 Å². The highest BCUT2D eigenvalue weighted by Crippen LogP contribution is 2.28. The summed E-state index contributed by atoms with van der Waals surface area (Å²) in [6.45, 7) is 8.69. The molecule has 2 heterocycles. The molecule has 1 fully saturated rings. The van der Waals surface area contributed by atoms with Crippen molar-refractivity contribution in [3.05, 3.63) is 54.1 Å². The first-order chi connectivity index (χ1) is 15.0. The number of carbonyl (C=O) groups excluding carboxylic acids is 1. The van der Waals surface area contributed by atoms with Gasteiger partial charge in [0, 0.05) is 12.4 Å². The number of likely N-dealkylation sites (tertiary alicyclic amines) is 1. The van der Waals surface area contributed by atoms with E-state index in [4.69, 9.17) is 5.41 Å². The molecule has 0 saturated carbocycles. The van der Waals surface area contributed by atoms with Crippen molar-refractivity contribution in [1.29, 1.82) is 5.41 Å². The Bertz CT molecular complexity index is 735. The molecule has 9 nitrogen and oxygen atoms in total. The van der Waals surface area contributed by atoms with Gasteiger partial charge in [0.05, 0.1) is 18.2 Å². The smallest absolute Gasteiger partial charge is 0.289 e. The van der Waals surface area contributed by atoms with Crippen LogP contribution in [-0.2, 0) is 0 Å². The minimum atomic E-state index is -0.308. The molecule has 1 aromatic carbocycles. The van der Waals surface area contributed by atoms with Crippen LogP contribution in [0.15, 0.2) is 42.9 Å². The number of nitrogens with two attached hydrogens (primary N) is 1. The third kappa shape index (κ3) is 11.6. The highest BCUT2D eigenvalue weighted by molar-refractivity contribution is 5.92. The highest BCUT2D eigenvalue weighted by Gasteiger charge is 2.18. The van der Waals surface area contributed by atoms with Gasteiger partial charge in [-0.3, -0.25) is 26.0 Å². The maximum Gasteiger partial charge on any atom is 0.289 e. The molecule has 32 heavy (non-hydrogen) atoms. The van der Waals surface area contributed by atoms with Crippen molar-refractivity contribution < 1.29 is 4.79 Å². The van der Waals surface area contributed by atoms with Crippen LogP contribution in [0.4, 0.5) is 5.69 Å². The van der Waals surface area contributed by atoms with Gasteiger partial charge in [-0.1, -0.05) is 26.0 Å². The summed E-state index contributed by atoms with van der Waals surface area (Å²) in [5, 5.41) is 8.97. The molecule has 0 aliphatic carbocycles. The Morgan fingerprint density at radius 3 is 2.25 bits per heavy atom. The van der Waals surface area contributed by atoms with E-state index in [1.54, 1.807) is 0 Å². The molecule has 6 N–H and O–H groups in total.